The number of aliphatic carboxylic acids is 1. The molecule has 0 radical (unpaired) electrons. The topological polar surface area (TPSA) is 62.2 Å². The molecule has 2 rings (SSSR count). The Labute approximate surface area is 148 Å². The average Bonchev–Trinajstić information content (AvgIpc) is 2.56. The third-order valence-corrected chi connectivity index (χ3v) is 4.45. The summed E-state index contributed by atoms with van der Waals surface area (Å²) >= 11 is 0. The van der Waals surface area contributed by atoms with Crippen molar-refractivity contribution in [1.82, 2.24) is 9.80 Å². The predicted octanol–water partition coefficient (Wildman–Crippen LogP) is 2.00. The molecule has 0 aromatic heterocycles. The van der Waals surface area contributed by atoms with E-state index in [1.165, 1.54) is 25.3 Å². The number of methoxy groups -OCH3 is 1. The smallest absolute Gasteiger partial charge is 0.325 e. The first-order chi connectivity index (χ1) is 11.9. The third-order valence-electron chi connectivity index (χ3n) is 4.45. The molecule has 1 fully saturated rings. The van der Waals surface area contributed by atoms with E-state index < -0.39 is 17.8 Å². The van der Waals surface area contributed by atoms with E-state index in [0.29, 0.717) is 31.0 Å². The molecule has 1 N–H and O–H groups in total. The number of halogens is 1. The minimum absolute atomic E-state index is 0.139. The standard InChI is InChI=1S/C18H27FN2O4/c1-20(2)10-11-25-14-6-8-21(9-7-14)17(18(22)23)15-12-13(19)4-5-16(15)24-3/h4-5,12,14,17H,6-11H2,1-3H3,(H,22,23). The van der Waals surface area contributed by atoms with Gasteiger partial charge in [-0.1, -0.05) is 0 Å². The van der Waals surface area contributed by atoms with Gasteiger partial charge in [0.15, 0.2) is 0 Å². The summed E-state index contributed by atoms with van der Waals surface area (Å²) in [7, 11) is 5.45. The van der Waals surface area contributed by atoms with Gasteiger partial charge in [-0.2, -0.15) is 0 Å². The highest BCUT2D eigenvalue weighted by atomic mass is 19.1. The maximum Gasteiger partial charge on any atom is 0.325 e. The van der Waals surface area contributed by atoms with Crippen molar-refractivity contribution < 1.29 is 23.8 Å². The number of nitrogens with zero attached hydrogens (tertiary/aromatic N) is 2. The average molecular weight is 354 g/mol. The maximum absolute atomic E-state index is 13.7. The van der Waals surface area contributed by atoms with E-state index in [0.717, 1.165) is 19.4 Å². The molecular weight excluding hydrogens is 327 g/mol. The first-order valence-corrected chi connectivity index (χ1v) is 8.49. The molecule has 1 atom stereocenters. The van der Waals surface area contributed by atoms with Crippen LogP contribution in [0.4, 0.5) is 4.39 Å². The molecule has 25 heavy (non-hydrogen) atoms. The van der Waals surface area contributed by atoms with Crippen LogP contribution in [0.3, 0.4) is 0 Å². The van der Waals surface area contributed by atoms with Gasteiger partial charge in [0, 0.05) is 25.2 Å². The fourth-order valence-corrected chi connectivity index (χ4v) is 3.11. The van der Waals surface area contributed by atoms with Crippen LogP contribution in [-0.4, -0.2) is 74.4 Å². The second kappa shape index (κ2) is 9.12. The van der Waals surface area contributed by atoms with Crippen LogP contribution in [0.5, 0.6) is 5.75 Å². The van der Waals surface area contributed by atoms with Crippen LogP contribution in [0, 0.1) is 5.82 Å². The lowest BCUT2D eigenvalue weighted by atomic mass is 9.99. The minimum atomic E-state index is -1.00. The van der Waals surface area contributed by atoms with E-state index in [1.54, 1.807) is 0 Å². The molecule has 0 amide bonds. The van der Waals surface area contributed by atoms with Gasteiger partial charge in [0.1, 0.15) is 17.6 Å². The quantitative estimate of drug-likeness (QED) is 0.770. The Morgan fingerprint density at radius 3 is 2.64 bits per heavy atom. The molecule has 0 spiro atoms. The number of ether oxygens (including phenoxy) is 2. The summed E-state index contributed by atoms with van der Waals surface area (Å²) in [5.74, 6) is -1.09. The number of likely N-dealkylation sites (N-methyl/N-ethyl adjacent to an activating group) is 1. The van der Waals surface area contributed by atoms with Crippen molar-refractivity contribution in [2.45, 2.75) is 25.0 Å². The van der Waals surface area contributed by atoms with Gasteiger partial charge in [0.25, 0.3) is 0 Å². The Balaban J connectivity index is 2.03. The van der Waals surface area contributed by atoms with E-state index in [2.05, 4.69) is 4.90 Å². The van der Waals surface area contributed by atoms with Crippen molar-refractivity contribution in [3.8, 4) is 5.75 Å². The molecule has 1 saturated heterocycles. The fourth-order valence-electron chi connectivity index (χ4n) is 3.11. The number of piperidine rings is 1. The van der Waals surface area contributed by atoms with Gasteiger partial charge in [0.2, 0.25) is 0 Å². The predicted molar refractivity (Wildman–Crippen MR) is 92.4 cm³/mol. The number of hydrogen-bond acceptors (Lipinski definition) is 5. The summed E-state index contributed by atoms with van der Waals surface area (Å²) in [6.07, 6.45) is 1.66. The Kier molecular flexibility index (Phi) is 7.16. The molecule has 140 valence electrons. The summed E-state index contributed by atoms with van der Waals surface area (Å²) in [5.41, 5.74) is 0.349. The van der Waals surface area contributed by atoms with Crippen molar-refractivity contribution in [2.24, 2.45) is 0 Å². The Bertz CT molecular complexity index is 574. The van der Waals surface area contributed by atoms with E-state index in [-0.39, 0.29) is 6.10 Å². The van der Waals surface area contributed by atoms with E-state index in [4.69, 9.17) is 9.47 Å². The number of carboxylic acid groups (broad SMARTS) is 1. The first kappa shape index (κ1) is 19.6. The van der Waals surface area contributed by atoms with E-state index in [9.17, 15) is 14.3 Å². The van der Waals surface area contributed by atoms with Gasteiger partial charge in [-0.25, -0.2) is 4.39 Å². The van der Waals surface area contributed by atoms with Gasteiger partial charge in [-0.3, -0.25) is 9.69 Å². The summed E-state index contributed by atoms with van der Waals surface area (Å²) in [5, 5.41) is 9.70. The Morgan fingerprint density at radius 1 is 1.40 bits per heavy atom. The highest BCUT2D eigenvalue weighted by Gasteiger charge is 2.33. The van der Waals surface area contributed by atoms with E-state index in [1.807, 2.05) is 19.0 Å². The third kappa shape index (κ3) is 5.39. The van der Waals surface area contributed by atoms with Crippen LogP contribution in [0.1, 0.15) is 24.4 Å². The molecule has 0 aliphatic carbocycles. The maximum atomic E-state index is 13.7. The second-order valence-corrected chi connectivity index (χ2v) is 6.54. The summed E-state index contributed by atoms with van der Waals surface area (Å²) in [6, 6.07) is 3.06. The number of benzene rings is 1. The highest BCUT2D eigenvalue weighted by Crippen LogP contribution is 2.32. The zero-order valence-corrected chi connectivity index (χ0v) is 15.1. The van der Waals surface area contributed by atoms with Crippen LogP contribution in [0.2, 0.25) is 0 Å². The molecule has 1 aliphatic rings. The molecule has 7 heteroatoms. The molecule has 1 unspecified atom stereocenters. The zero-order valence-electron chi connectivity index (χ0n) is 15.1. The lowest BCUT2D eigenvalue weighted by Crippen LogP contribution is -2.42. The number of carbonyl (C=O) groups is 1. The normalized spacial score (nSPS) is 17.6. The van der Waals surface area contributed by atoms with Gasteiger partial charge < -0.3 is 19.5 Å². The SMILES string of the molecule is COc1ccc(F)cc1C(C(=O)O)N1CCC(OCCN(C)C)CC1. The largest absolute Gasteiger partial charge is 0.496 e. The summed E-state index contributed by atoms with van der Waals surface area (Å²) in [4.78, 5) is 15.8. The summed E-state index contributed by atoms with van der Waals surface area (Å²) < 4.78 is 24.7. The number of likely N-dealkylation sites (tertiary alicyclic amines) is 1. The molecule has 6 nitrogen and oxygen atoms in total. The van der Waals surface area contributed by atoms with Crippen molar-refractivity contribution in [2.75, 3.05) is 47.4 Å². The van der Waals surface area contributed by atoms with Crippen LogP contribution in [-0.2, 0) is 9.53 Å². The lowest BCUT2D eigenvalue weighted by Gasteiger charge is -2.36. The van der Waals surface area contributed by atoms with Crippen molar-refractivity contribution in [3.05, 3.63) is 29.6 Å². The molecular formula is C18H27FN2O4. The van der Waals surface area contributed by atoms with Gasteiger partial charge in [-0.15, -0.1) is 0 Å². The monoisotopic (exact) mass is 354 g/mol. The van der Waals surface area contributed by atoms with Crippen LogP contribution < -0.4 is 4.74 Å². The minimum Gasteiger partial charge on any atom is -0.496 e. The van der Waals surface area contributed by atoms with Crippen LogP contribution in [0.25, 0.3) is 0 Å². The Hall–Kier alpha value is -1.70. The highest BCUT2D eigenvalue weighted by molar-refractivity contribution is 5.76. The molecule has 1 aromatic carbocycles. The van der Waals surface area contributed by atoms with Crippen LogP contribution in [0.15, 0.2) is 18.2 Å². The van der Waals surface area contributed by atoms with Crippen molar-refractivity contribution in [1.29, 1.82) is 0 Å². The van der Waals surface area contributed by atoms with Crippen molar-refractivity contribution >= 4 is 5.97 Å². The number of hydrogen-bond donors (Lipinski definition) is 1. The lowest BCUT2D eigenvalue weighted by molar-refractivity contribution is -0.145. The van der Waals surface area contributed by atoms with Crippen LogP contribution >= 0.6 is 0 Å². The number of rotatable bonds is 8. The van der Waals surface area contributed by atoms with Gasteiger partial charge in [-0.05, 0) is 45.1 Å². The van der Waals surface area contributed by atoms with Gasteiger partial charge in [0.05, 0.1) is 19.8 Å². The molecule has 1 aliphatic heterocycles. The molecule has 1 aromatic rings. The fraction of sp³-hybridized carbons (Fsp3) is 0.611. The first-order valence-electron chi connectivity index (χ1n) is 8.49. The van der Waals surface area contributed by atoms with E-state index >= 15 is 0 Å². The molecule has 0 saturated carbocycles. The number of carboxylic acids is 1. The zero-order chi connectivity index (χ0) is 18.4. The Morgan fingerprint density at radius 2 is 2.08 bits per heavy atom. The van der Waals surface area contributed by atoms with Gasteiger partial charge >= 0.3 is 5.97 Å². The molecule has 1 heterocycles. The summed E-state index contributed by atoms with van der Waals surface area (Å²) in [6.45, 7) is 2.70. The second-order valence-electron chi connectivity index (χ2n) is 6.54. The molecule has 0 bridgehead atoms. The van der Waals surface area contributed by atoms with Crippen molar-refractivity contribution in [3.63, 3.8) is 0 Å².